The normalized spacial score (nSPS) is 19.4. The third-order valence-corrected chi connectivity index (χ3v) is 3.08. The minimum Gasteiger partial charge on any atom is -0.481 e. The van der Waals surface area contributed by atoms with Crippen molar-refractivity contribution < 1.29 is 19.8 Å². The standard InChI is InChI=1S/C11H20N2O4/c1-2-12(7-5-10(15)16)11(17)13-6-3-4-9(13)8-14/h9,14H,2-8H2,1H3,(H,15,16). The highest BCUT2D eigenvalue weighted by atomic mass is 16.4. The number of nitrogens with zero attached hydrogens (tertiary/aromatic N) is 2. The Bertz CT molecular complexity index is 283. The van der Waals surface area contributed by atoms with Crippen molar-refractivity contribution in [3.8, 4) is 0 Å². The van der Waals surface area contributed by atoms with Crippen molar-refractivity contribution in [2.75, 3.05) is 26.2 Å². The Morgan fingerprint density at radius 2 is 2.18 bits per heavy atom. The van der Waals surface area contributed by atoms with Crippen LogP contribution in [0.4, 0.5) is 4.79 Å². The SMILES string of the molecule is CCN(CCC(=O)O)C(=O)N1CCCC1CO. The number of urea groups is 1. The van der Waals surface area contributed by atoms with Gasteiger partial charge in [0.05, 0.1) is 19.1 Å². The fourth-order valence-electron chi connectivity index (χ4n) is 2.08. The Kier molecular flexibility index (Phi) is 5.21. The summed E-state index contributed by atoms with van der Waals surface area (Å²) in [6, 6.07) is -0.272. The molecule has 1 aliphatic heterocycles. The van der Waals surface area contributed by atoms with E-state index in [0.717, 1.165) is 12.8 Å². The van der Waals surface area contributed by atoms with Gasteiger partial charge in [-0.3, -0.25) is 4.79 Å². The van der Waals surface area contributed by atoms with Gasteiger partial charge in [0, 0.05) is 19.6 Å². The zero-order valence-corrected chi connectivity index (χ0v) is 10.1. The highest BCUT2D eigenvalue weighted by Gasteiger charge is 2.30. The van der Waals surface area contributed by atoms with Crippen LogP contribution in [-0.2, 0) is 4.79 Å². The third kappa shape index (κ3) is 3.59. The van der Waals surface area contributed by atoms with Crippen molar-refractivity contribution in [1.29, 1.82) is 0 Å². The number of carboxylic acids is 1. The van der Waals surface area contributed by atoms with Gasteiger partial charge in [-0.15, -0.1) is 0 Å². The number of likely N-dealkylation sites (tertiary alicyclic amines) is 1. The van der Waals surface area contributed by atoms with Crippen molar-refractivity contribution in [3.05, 3.63) is 0 Å². The van der Waals surface area contributed by atoms with Crippen LogP contribution >= 0.6 is 0 Å². The molecule has 0 aromatic carbocycles. The lowest BCUT2D eigenvalue weighted by Gasteiger charge is -2.30. The monoisotopic (exact) mass is 244 g/mol. The van der Waals surface area contributed by atoms with Gasteiger partial charge in [0.1, 0.15) is 0 Å². The van der Waals surface area contributed by atoms with E-state index in [4.69, 9.17) is 10.2 Å². The number of aliphatic hydroxyl groups is 1. The molecular weight excluding hydrogens is 224 g/mol. The summed E-state index contributed by atoms with van der Waals surface area (Å²) >= 11 is 0. The lowest BCUT2D eigenvalue weighted by atomic mass is 10.2. The molecule has 0 radical (unpaired) electrons. The smallest absolute Gasteiger partial charge is 0.320 e. The molecule has 6 nitrogen and oxygen atoms in total. The van der Waals surface area contributed by atoms with Crippen molar-refractivity contribution >= 4 is 12.0 Å². The van der Waals surface area contributed by atoms with Crippen molar-refractivity contribution in [3.63, 3.8) is 0 Å². The molecule has 1 rings (SSSR count). The van der Waals surface area contributed by atoms with Gasteiger partial charge in [0.15, 0.2) is 0 Å². The Balaban J connectivity index is 2.55. The molecular formula is C11H20N2O4. The van der Waals surface area contributed by atoms with Gasteiger partial charge in [0.2, 0.25) is 0 Å². The maximum atomic E-state index is 12.1. The van der Waals surface area contributed by atoms with Gasteiger partial charge < -0.3 is 20.0 Å². The van der Waals surface area contributed by atoms with E-state index >= 15 is 0 Å². The van der Waals surface area contributed by atoms with Crippen LogP contribution in [0.2, 0.25) is 0 Å². The second-order valence-corrected chi connectivity index (χ2v) is 4.18. The summed E-state index contributed by atoms with van der Waals surface area (Å²) in [7, 11) is 0. The van der Waals surface area contributed by atoms with Gasteiger partial charge >= 0.3 is 12.0 Å². The van der Waals surface area contributed by atoms with E-state index in [9.17, 15) is 9.59 Å². The van der Waals surface area contributed by atoms with E-state index in [2.05, 4.69) is 0 Å². The maximum absolute atomic E-state index is 12.1. The summed E-state index contributed by atoms with van der Waals surface area (Å²) in [5.41, 5.74) is 0. The highest BCUT2D eigenvalue weighted by molar-refractivity contribution is 5.76. The molecule has 0 saturated carbocycles. The Morgan fingerprint density at radius 1 is 1.47 bits per heavy atom. The second-order valence-electron chi connectivity index (χ2n) is 4.18. The summed E-state index contributed by atoms with van der Waals surface area (Å²) in [5.74, 6) is -0.906. The predicted molar refractivity (Wildman–Crippen MR) is 61.7 cm³/mol. The quantitative estimate of drug-likeness (QED) is 0.731. The predicted octanol–water partition coefficient (Wildman–Crippen LogP) is 0.360. The molecule has 0 spiro atoms. The zero-order valence-electron chi connectivity index (χ0n) is 10.1. The Hall–Kier alpha value is -1.30. The van der Waals surface area contributed by atoms with Crippen LogP contribution in [0.3, 0.4) is 0 Å². The number of amides is 2. The molecule has 17 heavy (non-hydrogen) atoms. The minimum absolute atomic E-state index is 0.0256. The van der Waals surface area contributed by atoms with E-state index in [1.807, 2.05) is 6.92 Å². The number of rotatable bonds is 5. The molecule has 0 aromatic heterocycles. The molecule has 2 N–H and O–H groups in total. The molecule has 1 saturated heterocycles. The number of hydrogen-bond donors (Lipinski definition) is 2. The lowest BCUT2D eigenvalue weighted by Crippen LogP contribution is -2.47. The van der Waals surface area contributed by atoms with Gasteiger partial charge in [-0.1, -0.05) is 0 Å². The molecule has 1 aliphatic rings. The van der Waals surface area contributed by atoms with Crippen LogP contribution in [-0.4, -0.2) is 64.3 Å². The van der Waals surface area contributed by atoms with Gasteiger partial charge in [-0.25, -0.2) is 4.79 Å². The van der Waals surface area contributed by atoms with Crippen LogP contribution in [0.5, 0.6) is 0 Å². The topological polar surface area (TPSA) is 81.1 Å². The Morgan fingerprint density at radius 3 is 2.71 bits per heavy atom. The number of aliphatic hydroxyl groups excluding tert-OH is 1. The van der Waals surface area contributed by atoms with E-state index in [0.29, 0.717) is 13.1 Å². The number of carbonyl (C=O) groups excluding carboxylic acids is 1. The summed E-state index contributed by atoms with van der Waals surface area (Å²) < 4.78 is 0. The number of aliphatic carboxylic acids is 1. The Labute approximate surface area is 101 Å². The van der Waals surface area contributed by atoms with Crippen LogP contribution in [0.15, 0.2) is 0 Å². The average molecular weight is 244 g/mol. The van der Waals surface area contributed by atoms with E-state index in [1.54, 1.807) is 4.90 Å². The molecule has 2 amide bonds. The lowest BCUT2D eigenvalue weighted by molar-refractivity contribution is -0.137. The first kappa shape index (κ1) is 13.8. The van der Waals surface area contributed by atoms with E-state index in [-0.39, 0.29) is 31.6 Å². The summed E-state index contributed by atoms with van der Waals surface area (Å²) in [6.07, 6.45) is 1.67. The molecule has 98 valence electrons. The molecule has 6 heteroatoms. The second kappa shape index (κ2) is 6.44. The fourth-order valence-corrected chi connectivity index (χ4v) is 2.08. The summed E-state index contributed by atoms with van der Waals surface area (Å²) in [6.45, 7) is 3.15. The van der Waals surface area contributed by atoms with Gasteiger partial charge in [-0.2, -0.15) is 0 Å². The van der Waals surface area contributed by atoms with Crippen molar-refractivity contribution in [1.82, 2.24) is 9.80 Å². The molecule has 1 unspecified atom stereocenters. The molecule has 0 bridgehead atoms. The summed E-state index contributed by atoms with van der Waals surface area (Å²) in [4.78, 5) is 25.8. The fraction of sp³-hybridized carbons (Fsp3) is 0.818. The first-order chi connectivity index (χ1) is 8.10. The molecule has 1 heterocycles. The van der Waals surface area contributed by atoms with E-state index < -0.39 is 5.97 Å². The number of hydrogen-bond acceptors (Lipinski definition) is 3. The average Bonchev–Trinajstić information content (AvgIpc) is 2.77. The minimum atomic E-state index is -0.906. The first-order valence-electron chi connectivity index (χ1n) is 5.98. The van der Waals surface area contributed by atoms with Gasteiger partial charge in [-0.05, 0) is 19.8 Å². The maximum Gasteiger partial charge on any atom is 0.320 e. The van der Waals surface area contributed by atoms with Gasteiger partial charge in [0.25, 0.3) is 0 Å². The van der Waals surface area contributed by atoms with Crippen LogP contribution in [0.25, 0.3) is 0 Å². The van der Waals surface area contributed by atoms with Crippen LogP contribution in [0, 0.1) is 0 Å². The largest absolute Gasteiger partial charge is 0.481 e. The van der Waals surface area contributed by atoms with Crippen molar-refractivity contribution in [2.45, 2.75) is 32.2 Å². The molecule has 0 aliphatic carbocycles. The van der Waals surface area contributed by atoms with Crippen LogP contribution < -0.4 is 0 Å². The molecule has 1 fully saturated rings. The van der Waals surface area contributed by atoms with Crippen LogP contribution in [0.1, 0.15) is 26.2 Å². The third-order valence-electron chi connectivity index (χ3n) is 3.08. The van der Waals surface area contributed by atoms with E-state index in [1.165, 1.54) is 4.90 Å². The molecule has 1 atom stereocenters. The summed E-state index contributed by atoms with van der Waals surface area (Å²) in [5, 5.41) is 17.8. The van der Waals surface area contributed by atoms with Crippen molar-refractivity contribution in [2.24, 2.45) is 0 Å². The number of carboxylic acid groups (broad SMARTS) is 1. The zero-order chi connectivity index (χ0) is 12.8. The number of carbonyl (C=O) groups is 2. The highest BCUT2D eigenvalue weighted by Crippen LogP contribution is 2.18. The molecule has 0 aromatic rings. The first-order valence-corrected chi connectivity index (χ1v) is 5.98.